The van der Waals surface area contributed by atoms with Crippen LogP contribution < -0.4 is 10.5 Å². The number of nitrogens with one attached hydrogen (secondary N) is 1. The Morgan fingerprint density at radius 3 is 2.28 bits per heavy atom. The third-order valence-corrected chi connectivity index (χ3v) is 4.64. The van der Waals surface area contributed by atoms with Crippen molar-refractivity contribution in [3.8, 4) is 5.75 Å². The van der Waals surface area contributed by atoms with E-state index in [0.29, 0.717) is 13.0 Å². The molecule has 0 atom stereocenters. The molecule has 0 radical (unpaired) electrons. The van der Waals surface area contributed by atoms with Crippen LogP contribution in [-0.4, -0.2) is 12.4 Å². The molecule has 3 nitrogen and oxygen atoms in total. The maximum Gasteiger partial charge on any atom is 0.147 e. The predicted molar refractivity (Wildman–Crippen MR) is 83.2 cm³/mol. The van der Waals surface area contributed by atoms with E-state index in [1.54, 1.807) is 0 Å². The van der Waals surface area contributed by atoms with Crippen LogP contribution in [0.1, 0.15) is 19.3 Å². The van der Waals surface area contributed by atoms with E-state index in [-0.39, 0.29) is 11.3 Å². The molecular formula is C12H13Br3N2O. The smallest absolute Gasteiger partial charge is 0.147 e. The van der Waals surface area contributed by atoms with Gasteiger partial charge >= 0.3 is 0 Å². The molecule has 0 heterocycles. The van der Waals surface area contributed by atoms with E-state index >= 15 is 0 Å². The number of benzene rings is 1. The van der Waals surface area contributed by atoms with Crippen LogP contribution in [0.4, 0.5) is 0 Å². The highest BCUT2D eigenvalue weighted by Gasteiger charge is 2.44. The molecule has 1 aromatic rings. The summed E-state index contributed by atoms with van der Waals surface area (Å²) < 4.78 is 8.68. The number of hydrogen-bond donors (Lipinski definition) is 2. The third kappa shape index (κ3) is 3.48. The normalized spacial score (nSPS) is 16.4. The summed E-state index contributed by atoms with van der Waals surface area (Å²) in [5.74, 6) is 1.04. The molecule has 0 bridgehead atoms. The number of rotatable bonds is 5. The summed E-state index contributed by atoms with van der Waals surface area (Å²) in [7, 11) is 0. The number of amidine groups is 1. The third-order valence-electron chi connectivity index (χ3n) is 3.01. The van der Waals surface area contributed by atoms with Crippen molar-refractivity contribution in [3.63, 3.8) is 0 Å². The zero-order valence-corrected chi connectivity index (χ0v) is 14.4. The number of ether oxygens (including phenoxy) is 1. The van der Waals surface area contributed by atoms with Crippen LogP contribution >= 0.6 is 47.8 Å². The molecule has 18 heavy (non-hydrogen) atoms. The van der Waals surface area contributed by atoms with Crippen LogP contribution in [-0.2, 0) is 0 Å². The summed E-state index contributed by atoms with van der Waals surface area (Å²) in [5, 5.41) is 7.38. The summed E-state index contributed by atoms with van der Waals surface area (Å²) in [6.07, 6.45) is 2.79. The predicted octanol–water partition coefficient (Wildman–Crippen LogP) is 4.46. The van der Waals surface area contributed by atoms with Crippen molar-refractivity contribution in [2.24, 2.45) is 11.1 Å². The lowest BCUT2D eigenvalue weighted by molar-refractivity contribution is 0.236. The first kappa shape index (κ1) is 14.3. The van der Waals surface area contributed by atoms with Crippen LogP contribution in [0.5, 0.6) is 5.75 Å². The first-order chi connectivity index (χ1) is 8.42. The minimum absolute atomic E-state index is 0.0811. The van der Waals surface area contributed by atoms with Gasteiger partial charge in [0.05, 0.1) is 21.4 Å². The van der Waals surface area contributed by atoms with Crippen LogP contribution in [0, 0.1) is 10.8 Å². The number of nitrogens with two attached hydrogens (primary N) is 1. The van der Waals surface area contributed by atoms with E-state index in [4.69, 9.17) is 15.9 Å². The molecule has 0 aliphatic heterocycles. The fraction of sp³-hybridized carbons (Fsp3) is 0.417. The highest BCUT2D eigenvalue weighted by atomic mass is 79.9. The van der Waals surface area contributed by atoms with Crippen LogP contribution in [0.25, 0.3) is 0 Å². The Hall–Kier alpha value is -0.0700. The van der Waals surface area contributed by atoms with Gasteiger partial charge in [0.1, 0.15) is 5.75 Å². The molecule has 0 saturated heterocycles. The Morgan fingerprint density at radius 2 is 1.83 bits per heavy atom. The molecule has 3 N–H and O–H groups in total. The second-order valence-corrected chi connectivity index (χ2v) is 7.31. The van der Waals surface area contributed by atoms with Crippen molar-refractivity contribution in [3.05, 3.63) is 25.6 Å². The molecule has 1 aromatic carbocycles. The van der Waals surface area contributed by atoms with E-state index in [1.165, 1.54) is 0 Å². The fourth-order valence-corrected chi connectivity index (χ4v) is 4.33. The summed E-state index contributed by atoms with van der Waals surface area (Å²) in [6, 6.07) is 3.90. The molecule has 0 unspecified atom stereocenters. The molecule has 0 spiro atoms. The minimum Gasteiger partial charge on any atom is -0.491 e. The zero-order valence-electron chi connectivity index (χ0n) is 9.60. The van der Waals surface area contributed by atoms with Gasteiger partial charge in [-0.1, -0.05) is 15.9 Å². The Balaban J connectivity index is 2.05. The maximum atomic E-state index is 7.38. The molecule has 1 saturated carbocycles. The SMILES string of the molecule is N=C(N)CC1(COc2c(Br)cc(Br)cc2Br)CC1. The van der Waals surface area contributed by atoms with E-state index in [9.17, 15) is 0 Å². The highest BCUT2D eigenvalue weighted by molar-refractivity contribution is 9.11. The van der Waals surface area contributed by atoms with Crippen molar-refractivity contribution < 1.29 is 4.74 Å². The van der Waals surface area contributed by atoms with Gasteiger partial charge in [-0.25, -0.2) is 0 Å². The Kier molecular flexibility index (Phi) is 4.39. The summed E-state index contributed by atoms with van der Waals surface area (Å²) >= 11 is 10.4. The standard InChI is InChI=1S/C12H13Br3N2O/c13-7-3-8(14)11(9(15)4-7)18-6-12(1-2-12)5-10(16)17/h3-4H,1-2,5-6H2,(H3,16,17). The molecule has 1 aliphatic rings. The molecule has 1 fully saturated rings. The topological polar surface area (TPSA) is 59.1 Å². The second kappa shape index (κ2) is 5.51. The van der Waals surface area contributed by atoms with Crippen molar-refractivity contribution in [1.29, 1.82) is 5.41 Å². The fourth-order valence-electron chi connectivity index (χ4n) is 1.85. The van der Waals surface area contributed by atoms with Crippen molar-refractivity contribution >= 4 is 53.6 Å². The monoisotopic (exact) mass is 438 g/mol. The summed E-state index contributed by atoms with van der Waals surface area (Å²) in [6.45, 7) is 0.603. The highest BCUT2D eigenvalue weighted by Crippen LogP contribution is 2.49. The molecule has 1 aliphatic carbocycles. The Bertz CT molecular complexity index is 463. The average Bonchev–Trinajstić information content (AvgIpc) is 2.95. The Morgan fingerprint density at radius 1 is 1.28 bits per heavy atom. The van der Waals surface area contributed by atoms with E-state index < -0.39 is 0 Å². The van der Waals surface area contributed by atoms with Crippen molar-refractivity contribution in [2.75, 3.05) is 6.61 Å². The van der Waals surface area contributed by atoms with Gasteiger partial charge in [-0.15, -0.1) is 0 Å². The van der Waals surface area contributed by atoms with Gasteiger partial charge in [0.2, 0.25) is 0 Å². The van der Waals surface area contributed by atoms with E-state index in [1.807, 2.05) is 12.1 Å². The number of hydrogen-bond acceptors (Lipinski definition) is 2. The molecule has 6 heteroatoms. The van der Waals surface area contributed by atoms with Gasteiger partial charge in [0.15, 0.2) is 0 Å². The van der Waals surface area contributed by atoms with Gasteiger partial charge < -0.3 is 10.5 Å². The van der Waals surface area contributed by atoms with Gasteiger partial charge in [0.25, 0.3) is 0 Å². The maximum absolute atomic E-state index is 7.38. The van der Waals surface area contributed by atoms with E-state index in [2.05, 4.69) is 47.8 Å². The van der Waals surface area contributed by atoms with Gasteiger partial charge in [-0.2, -0.15) is 0 Å². The first-order valence-corrected chi connectivity index (χ1v) is 7.90. The van der Waals surface area contributed by atoms with Gasteiger partial charge in [-0.05, 0) is 56.8 Å². The average molecular weight is 441 g/mol. The second-order valence-electron chi connectivity index (χ2n) is 4.69. The first-order valence-electron chi connectivity index (χ1n) is 5.52. The molecule has 98 valence electrons. The summed E-state index contributed by atoms with van der Waals surface area (Å²) in [4.78, 5) is 0. The van der Waals surface area contributed by atoms with Crippen molar-refractivity contribution in [1.82, 2.24) is 0 Å². The van der Waals surface area contributed by atoms with Crippen molar-refractivity contribution in [2.45, 2.75) is 19.3 Å². The molecular weight excluding hydrogens is 428 g/mol. The van der Waals surface area contributed by atoms with Crippen LogP contribution in [0.3, 0.4) is 0 Å². The van der Waals surface area contributed by atoms with E-state index in [0.717, 1.165) is 32.0 Å². The minimum atomic E-state index is 0.0811. The molecule has 2 rings (SSSR count). The Labute approximate surface area is 131 Å². The molecule has 0 amide bonds. The van der Waals surface area contributed by atoms with Crippen LogP contribution in [0.2, 0.25) is 0 Å². The zero-order chi connectivity index (χ0) is 13.3. The number of halogens is 3. The van der Waals surface area contributed by atoms with Crippen LogP contribution in [0.15, 0.2) is 25.6 Å². The quantitative estimate of drug-likeness (QED) is 0.524. The lowest BCUT2D eigenvalue weighted by Gasteiger charge is -2.17. The molecule has 0 aromatic heterocycles. The lowest BCUT2D eigenvalue weighted by atomic mass is 10.0. The lowest BCUT2D eigenvalue weighted by Crippen LogP contribution is -2.21. The van der Waals surface area contributed by atoms with Gasteiger partial charge in [-0.3, -0.25) is 5.41 Å². The largest absolute Gasteiger partial charge is 0.491 e. The van der Waals surface area contributed by atoms with Gasteiger partial charge in [0, 0.05) is 16.3 Å². The summed E-state index contributed by atoms with van der Waals surface area (Å²) in [5.41, 5.74) is 5.55.